The van der Waals surface area contributed by atoms with Crippen LogP contribution in [0.5, 0.6) is 0 Å². The SMILES string of the molecule is CCC1(c2ccccc2)CC=NO1. The van der Waals surface area contributed by atoms with Gasteiger partial charge in [0.05, 0.1) is 0 Å². The first-order chi connectivity index (χ1) is 6.37. The maximum absolute atomic E-state index is 5.45. The van der Waals surface area contributed by atoms with Crippen LogP contribution in [-0.2, 0) is 10.4 Å². The average molecular weight is 175 g/mol. The molecule has 0 bridgehead atoms. The van der Waals surface area contributed by atoms with Gasteiger partial charge in [-0.1, -0.05) is 42.4 Å². The van der Waals surface area contributed by atoms with E-state index in [0.717, 1.165) is 12.8 Å². The Morgan fingerprint density at radius 3 is 2.69 bits per heavy atom. The van der Waals surface area contributed by atoms with Crippen molar-refractivity contribution >= 4 is 6.21 Å². The minimum absolute atomic E-state index is 0.193. The molecule has 0 fully saturated rings. The van der Waals surface area contributed by atoms with Gasteiger partial charge in [0.25, 0.3) is 0 Å². The standard InChI is InChI=1S/C11H13NO/c1-2-11(8-9-12-13-11)10-6-4-3-5-7-10/h3-7,9H,2,8H2,1H3. The monoisotopic (exact) mass is 175 g/mol. The molecule has 2 heteroatoms. The highest BCUT2D eigenvalue weighted by Crippen LogP contribution is 2.35. The molecule has 13 heavy (non-hydrogen) atoms. The third-order valence-corrected chi connectivity index (χ3v) is 2.59. The van der Waals surface area contributed by atoms with Crippen molar-refractivity contribution in [3.8, 4) is 0 Å². The molecule has 0 saturated heterocycles. The van der Waals surface area contributed by atoms with Gasteiger partial charge in [-0.2, -0.15) is 0 Å². The summed E-state index contributed by atoms with van der Waals surface area (Å²) in [5.74, 6) is 0. The second-order valence-corrected chi connectivity index (χ2v) is 3.30. The number of benzene rings is 1. The molecular weight excluding hydrogens is 162 g/mol. The highest BCUT2D eigenvalue weighted by Gasteiger charge is 2.34. The van der Waals surface area contributed by atoms with Crippen LogP contribution in [0.4, 0.5) is 0 Å². The van der Waals surface area contributed by atoms with Gasteiger partial charge in [0, 0.05) is 12.6 Å². The van der Waals surface area contributed by atoms with Gasteiger partial charge in [-0.3, -0.25) is 0 Å². The van der Waals surface area contributed by atoms with Gasteiger partial charge < -0.3 is 4.84 Å². The molecule has 2 rings (SSSR count). The molecule has 0 aromatic heterocycles. The molecule has 0 aliphatic carbocycles. The molecule has 1 aromatic rings. The number of hydrogen-bond acceptors (Lipinski definition) is 2. The molecule has 1 heterocycles. The van der Waals surface area contributed by atoms with E-state index in [1.165, 1.54) is 5.56 Å². The van der Waals surface area contributed by atoms with E-state index in [9.17, 15) is 0 Å². The van der Waals surface area contributed by atoms with Crippen molar-refractivity contribution in [3.05, 3.63) is 35.9 Å². The smallest absolute Gasteiger partial charge is 0.167 e. The summed E-state index contributed by atoms with van der Waals surface area (Å²) in [4.78, 5) is 5.45. The van der Waals surface area contributed by atoms with Crippen LogP contribution in [0.1, 0.15) is 25.3 Å². The molecule has 0 radical (unpaired) electrons. The first kappa shape index (κ1) is 8.30. The summed E-state index contributed by atoms with van der Waals surface area (Å²) in [5.41, 5.74) is 1.02. The molecule has 1 unspecified atom stereocenters. The van der Waals surface area contributed by atoms with Crippen molar-refractivity contribution in [2.24, 2.45) is 5.16 Å². The van der Waals surface area contributed by atoms with Gasteiger partial charge in [0.15, 0.2) is 5.60 Å². The van der Waals surface area contributed by atoms with Gasteiger partial charge in [0.1, 0.15) is 0 Å². The lowest BCUT2D eigenvalue weighted by Gasteiger charge is -2.25. The van der Waals surface area contributed by atoms with Crippen molar-refractivity contribution < 1.29 is 4.84 Å². The number of hydrogen-bond donors (Lipinski definition) is 0. The second kappa shape index (κ2) is 3.21. The topological polar surface area (TPSA) is 21.6 Å². The summed E-state index contributed by atoms with van der Waals surface area (Å²) < 4.78 is 0. The predicted octanol–water partition coefficient (Wildman–Crippen LogP) is 2.70. The van der Waals surface area contributed by atoms with Crippen LogP contribution in [0.15, 0.2) is 35.5 Å². The molecule has 0 N–H and O–H groups in total. The van der Waals surface area contributed by atoms with E-state index >= 15 is 0 Å². The lowest BCUT2D eigenvalue weighted by atomic mass is 9.89. The summed E-state index contributed by atoms with van der Waals surface area (Å²) >= 11 is 0. The normalized spacial score (nSPS) is 25.9. The largest absolute Gasteiger partial charge is 0.384 e. The minimum atomic E-state index is -0.193. The predicted molar refractivity (Wildman–Crippen MR) is 52.6 cm³/mol. The van der Waals surface area contributed by atoms with Crippen LogP contribution in [0.2, 0.25) is 0 Å². The van der Waals surface area contributed by atoms with Crippen LogP contribution in [-0.4, -0.2) is 6.21 Å². The zero-order valence-electron chi connectivity index (χ0n) is 7.73. The Kier molecular flexibility index (Phi) is 2.05. The zero-order chi connectivity index (χ0) is 9.15. The number of rotatable bonds is 2. The van der Waals surface area contributed by atoms with Crippen molar-refractivity contribution in [3.63, 3.8) is 0 Å². The van der Waals surface area contributed by atoms with Crippen molar-refractivity contribution in [1.82, 2.24) is 0 Å². The van der Waals surface area contributed by atoms with Crippen molar-refractivity contribution in [2.45, 2.75) is 25.4 Å². The van der Waals surface area contributed by atoms with E-state index in [2.05, 4.69) is 24.2 Å². The molecule has 68 valence electrons. The Balaban J connectivity index is 2.32. The van der Waals surface area contributed by atoms with Gasteiger partial charge in [-0.15, -0.1) is 0 Å². The summed E-state index contributed by atoms with van der Waals surface area (Å²) in [6.07, 6.45) is 3.68. The van der Waals surface area contributed by atoms with Gasteiger partial charge in [-0.25, -0.2) is 0 Å². The third-order valence-electron chi connectivity index (χ3n) is 2.59. The van der Waals surface area contributed by atoms with E-state index in [0.29, 0.717) is 0 Å². The van der Waals surface area contributed by atoms with Gasteiger partial charge in [0.2, 0.25) is 0 Å². The quantitative estimate of drug-likeness (QED) is 0.677. The van der Waals surface area contributed by atoms with E-state index in [4.69, 9.17) is 4.84 Å². The van der Waals surface area contributed by atoms with Crippen molar-refractivity contribution in [1.29, 1.82) is 0 Å². The molecule has 2 nitrogen and oxygen atoms in total. The Morgan fingerprint density at radius 2 is 2.15 bits per heavy atom. The lowest BCUT2D eigenvalue weighted by Crippen LogP contribution is -2.23. The highest BCUT2D eigenvalue weighted by atomic mass is 16.7. The van der Waals surface area contributed by atoms with Crippen LogP contribution in [0.25, 0.3) is 0 Å². The molecule has 1 aliphatic rings. The number of nitrogens with zero attached hydrogens (tertiary/aromatic N) is 1. The summed E-state index contributed by atoms with van der Waals surface area (Å²) in [6, 6.07) is 10.3. The fraction of sp³-hybridized carbons (Fsp3) is 0.364. The second-order valence-electron chi connectivity index (χ2n) is 3.30. The summed E-state index contributed by atoms with van der Waals surface area (Å²) in [5, 5.41) is 3.86. The third kappa shape index (κ3) is 1.32. The zero-order valence-corrected chi connectivity index (χ0v) is 7.73. The minimum Gasteiger partial charge on any atom is -0.384 e. The van der Waals surface area contributed by atoms with Gasteiger partial charge in [-0.05, 0) is 12.0 Å². The maximum atomic E-state index is 5.45. The fourth-order valence-corrected chi connectivity index (χ4v) is 1.69. The molecule has 0 amide bonds. The van der Waals surface area contributed by atoms with Crippen LogP contribution < -0.4 is 0 Å². The molecule has 0 saturated carbocycles. The van der Waals surface area contributed by atoms with Crippen molar-refractivity contribution in [2.75, 3.05) is 0 Å². The molecule has 1 aliphatic heterocycles. The van der Waals surface area contributed by atoms with E-state index in [1.54, 1.807) is 0 Å². The first-order valence-corrected chi connectivity index (χ1v) is 4.63. The van der Waals surface area contributed by atoms with E-state index in [-0.39, 0.29) is 5.60 Å². The molecule has 0 spiro atoms. The lowest BCUT2D eigenvalue weighted by molar-refractivity contribution is -0.0263. The van der Waals surface area contributed by atoms with Gasteiger partial charge >= 0.3 is 0 Å². The summed E-state index contributed by atoms with van der Waals surface area (Å²) in [6.45, 7) is 2.13. The van der Waals surface area contributed by atoms with Crippen LogP contribution in [0, 0.1) is 0 Å². The fourth-order valence-electron chi connectivity index (χ4n) is 1.69. The molecular formula is C11H13NO. The average Bonchev–Trinajstić information content (AvgIpc) is 2.69. The first-order valence-electron chi connectivity index (χ1n) is 4.63. The van der Waals surface area contributed by atoms with E-state index < -0.39 is 0 Å². The Hall–Kier alpha value is -1.31. The Bertz CT molecular complexity index is 297. The highest BCUT2D eigenvalue weighted by molar-refractivity contribution is 5.60. The Morgan fingerprint density at radius 1 is 1.38 bits per heavy atom. The summed E-state index contributed by atoms with van der Waals surface area (Å²) in [7, 11) is 0. The molecule has 1 atom stereocenters. The van der Waals surface area contributed by atoms with Crippen LogP contribution in [0.3, 0.4) is 0 Å². The van der Waals surface area contributed by atoms with Crippen LogP contribution >= 0.6 is 0 Å². The number of oxime groups is 1. The Labute approximate surface area is 78.2 Å². The molecule has 1 aromatic carbocycles. The van der Waals surface area contributed by atoms with E-state index in [1.807, 2.05) is 24.4 Å². The maximum Gasteiger partial charge on any atom is 0.167 e.